The second-order valence-electron chi connectivity index (χ2n) is 7.56. The highest BCUT2D eigenvalue weighted by Crippen LogP contribution is 2.33. The SMILES string of the molecule is CCCCc1ccc(N2CC(c3nc(-c4ccccc4OCC)no3)CC2=O)cc1. The molecule has 1 saturated heterocycles. The number of hydrogen-bond acceptors (Lipinski definition) is 5. The molecule has 2 aromatic carbocycles. The topological polar surface area (TPSA) is 68.5 Å². The van der Waals surface area contributed by atoms with Gasteiger partial charge in [-0.3, -0.25) is 4.79 Å². The van der Waals surface area contributed by atoms with Gasteiger partial charge in [-0.2, -0.15) is 4.98 Å². The molecule has 0 N–H and O–H groups in total. The van der Waals surface area contributed by atoms with Crippen LogP contribution in [-0.2, 0) is 11.2 Å². The summed E-state index contributed by atoms with van der Waals surface area (Å²) in [5.74, 6) is 1.67. The van der Waals surface area contributed by atoms with Crippen LogP contribution in [0.2, 0.25) is 0 Å². The van der Waals surface area contributed by atoms with E-state index in [2.05, 4.69) is 29.2 Å². The van der Waals surface area contributed by atoms with E-state index in [9.17, 15) is 4.79 Å². The maximum atomic E-state index is 12.6. The van der Waals surface area contributed by atoms with Gasteiger partial charge < -0.3 is 14.2 Å². The van der Waals surface area contributed by atoms with Crippen LogP contribution in [0.15, 0.2) is 53.1 Å². The van der Waals surface area contributed by atoms with E-state index < -0.39 is 0 Å². The molecule has 6 nitrogen and oxygen atoms in total. The van der Waals surface area contributed by atoms with Crippen LogP contribution in [0, 0.1) is 0 Å². The zero-order valence-corrected chi connectivity index (χ0v) is 17.5. The number of aromatic nitrogens is 2. The number of ether oxygens (including phenoxy) is 1. The van der Waals surface area contributed by atoms with E-state index in [-0.39, 0.29) is 11.8 Å². The first-order valence-corrected chi connectivity index (χ1v) is 10.6. The largest absolute Gasteiger partial charge is 0.493 e. The van der Waals surface area contributed by atoms with E-state index in [1.54, 1.807) is 0 Å². The van der Waals surface area contributed by atoms with Crippen LogP contribution in [0.3, 0.4) is 0 Å². The van der Waals surface area contributed by atoms with Crippen molar-refractivity contribution < 1.29 is 14.1 Å². The number of carbonyl (C=O) groups is 1. The molecule has 0 aliphatic carbocycles. The summed E-state index contributed by atoms with van der Waals surface area (Å²) < 4.78 is 11.2. The van der Waals surface area contributed by atoms with Crippen LogP contribution in [0.4, 0.5) is 5.69 Å². The van der Waals surface area contributed by atoms with E-state index >= 15 is 0 Å². The lowest BCUT2D eigenvalue weighted by molar-refractivity contribution is -0.117. The van der Waals surface area contributed by atoms with Gasteiger partial charge in [-0.15, -0.1) is 0 Å². The maximum absolute atomic E-state index is 12.6. The fourth-order valence-corrected chi connectivity index (χ4v) is 3.79. The van der Waals surface area contributed by atoms with Gasteiger partial charge in [-0.25, -0.2) is 0 Å². The van der Waals surface area contributed by atoms with E-state index in [1.165, 1.54) is 18.4 Å². The van der Waals surface area contributed by atoms with Crippen LogP contribution in [0.25, 0.3) is 11.4 Å². The Balaban J connectivity index is 1.49. The molecule has 1 atom stereocenters. The highest BCUT2D eigenvalue weighted by Gasteiger charge is 2.35. The minimum absolute atomic E-state index is 0.0794. The summed E-state index contributed by atoms with van der Waals surface area (Å²) in [7, 11) is 0. The molecule has 0 saturated carbocycles. The molecular formula is C24H27N3O3. The lowest BCUT2D eigenvalue weighted by atomic mass is 10.1. The van der Waals surface area contributed by atoms with Crippen LogP contribution in [0.5, 0.6) is 5.75 Å². The Kier molecular flexibility index (Phi) is 6.12. The van der Waals surface area contributed by atoms with Crippen LogP contribution in [0.1, 0.15) is 50.5 Å². The number of nitrogens with zero attached hydrogens (tertiary/aromatic N) is 3. The molecule has 1 aromatic heterocycles. The summed E-state index contributed by atoms with van der Waals surface area (Å²) in [6.45, 7) is 5.23. The highest BCUT2D eigenvalue weighted by atomic mass is 16.5. The Morgan fingerprint density at radius 1 is 1.13 bits per heavy atom. The second kappa shape index (κ2) is 9.11. The Labute approximate surface area is 176 Å². The van der Waals surface area contributed by atoms with Crippen molar-refractivity contribution in [1.82, 2.24) is 10.1 Å². The number of anilines is 1. The average molecular weight is 405 g/mol. The molecule has 1 aliphatic rings. The lowest BCUT2D eigenvalue weighted by Crippen LogP contribution is -2.24. The predicted molar refractivity (Wildman–Crippen MR) is 116 cm³/mol. The number of amides is 1. The summed E-state index contributed by atoms with van der Waals surface area (Å²) in [6.07, 6.45) is 3.79. The summed E-state index contributed by atoms with van der Waals surface area (Å²) in [5.41, 5.74) is 3.01. The third-order valence-electron chi connectivity index (χ3n) is 5.41. The Morgan fingerprint density at radius 2 is 1.93 bits per heavy atom. The Bertz CT molecular complexity index is 997. The van der Waals surface area contributed by atoms with E-state index in [1.807, 2.05) is 48.2 Å². The third kappa shape index (κ3) is 4.22. The van der Waals surface area contributed by atoms with Gasteiger partial charge in [0.2, 0.25) is 17.6 Å². The summed E-state index contributed by atoms with van der Waals surface area (Å²) in [4.78, 5) is 19.0. The second-order valence-corrected chi connectivity index (χ2v) is 7.56. The number of hydrogen-bond donors (Lipinski definition) is 0. The summed E-state index contributed by atoms with van der Waals surface area (Å²) in [5, 5.41) is 4.14. The van der Waals surface area contributed by atoms with Gasteiger partial charge in [-0.1, -0.05) is 42.8 Å². The maximum Gasteiger partial charge on any atom is 0.232 e. The van der Waals surface area contributed by atoms with E-state index in [0.29, 0.717) is 31.3 Å². The molecule has 1 amide bonds. The van der Waals surface area contributed by atoms with Crippen LogP contribution >= 0.6 is 0 Å². The first-order chi connectivity index (χ1) is 14.7. The number of aryl methyl sites for hydroxylation is 1. The van der Waals surface area contributed by atoms with Crippen molar-refractivity contribution in [2.24, 2.45) is 0 Å². The average Bonchev–Trinajstić information content (AvgIpc) is 3.40. The molecular weight excluding hydrogens is 378 g/mol. The van der Waals surface area contributed by atoms with E-state index in [4.69, 9.17) is 9.26 Å². The lowest BCUT2D eigenvalue weighted by Gasteiger charge is -2.16. The van der Waals surface area contributed by atoms with Gasteiger partial charge in [0.15, 0.2) is 0 Å². The summed E-state index contributed by atoms with van der Waals surface area (Å²) in [6, 6.07) is 15.9. The first-order valence-electron chi connectivity index (χ1n) is 10.6. The van der Waals surface area contributed by atoms with Gasteiger partial charge in [0, 0.05) is 18.7 Å². The third-order valence-corrected chi connectivity index (χ3v) is 5.41. The first kappa shape index (κ1) is 20.1. The van der Waals surface area contributed by atoms with Gasteiger partial charge in [0.1, 0.15) is 5.75 Å². The standard InChI is InChI=1S/C24H27N3O3/c1-3-5-8-17-11-13-19(14-12-17)27-16-18(15-22(27)28)24-25-23(26-30-24)20-9-6-7-10-21(20)29-4-2/h6-7,9-14,18H,3-5,8,15-16H2,1-2H3. The molecule has 1 aliphatic heterocycles. The Morgan fingerprint density at radius 3 is 2.70 bits per heavy atom. The monoisotopic (exact) mass is 405 g/mol. The molecule has 0 spiro atoms. The smallest absolute Gasteiger partial charge is 0.232 e. The zero-order chi connectivity index (χ0) is 20.9. The molecule has 1 unspecified atom stereocenters. The molecule has 156 valence electrons. The number of benzene rings is 2. The number of para-hydroxylation sites is 1. The van der Waals surface area contributed by atoms with Gasteiger partial charge in [-0.05, 0) is 49.6 Å². The van der Waals surface area contributed by atoms with Gasteiger partial charge >= 0.3 is 0 Å². The number of rotatable bonds is 8. The van der Waals surface area contributed by atoms with Gasteiger partial charge in [0.25, 0.3) is 0 Å². The zero-order valence-electron chi connectivity index (χ0n) is 17.5. The minimum atomic E-state index is -0.113. The molecule has 30 heavy (non-hydrogen) atoms. The molecule has 2 heterocycles. The molecule has 4 rings (SSSR count). The normalized spacial score (nSPS) is 16.3. The highest BCUT2D eigenvalue weighted by molar-refractivity contribution is 5.96. The quantitative estimate of drug-likeness (QED) is 0.528. The minimum Gasteiger partial charge on any atom is -0.493 e. The molecule has 0 radical (unpaired) electrons. The molecule has 1 fully saturated rings. The van der Waals surface area contributed by atoms with Crippen molar-refractivity contribution in [1.29, 1.82) is 0 Å². The van der Waals surface area contributed by atoms with Crippen molar-refractivity contribution in [2.45, 2.75) is 45.4 Å². The number of carbonyl (C=O) groups excluding carboxylic acids is 1. The van der Waals surface area contributed by atoms with Crippen molar-refractivity contribution in [2.75, 3.05) is 18.1 Å². The van der Waals surface area contributed by atoms with Crippen molar-refractivity contribution >= 4 is 11.6 Å². The molecule has 6 heteroatoms. The van der Waals surface area contributed by atoms with Gasteiger partial charge in [0.05, 0.1) is 18.1 Å². The van der Waals surface area contributed by atoms with Crippen LogP contribution < -0.4 is 9.64 Å². The number of unbranched alkanes of at least 4 members (excludes halogenated alkanes) is 1. The van der Waals surface area contributed by atoms with Crippen molar-refractivity contribution in [3.63, 3.8) is 0 Å². The fraction of sp³-hybridized carbons (Fsp3) is 0.375. The van der Waals surface area contributed by atoms with E-state index in [0.717, 1.165) is 23.4 Å². The summed E-state index contributed by atoms with van der Waals surface area (Å²) >= 11 is 0. The van der Waals surface area contributed by atoms with Crippen molar-refractivity contribution in [3.05, 3.63) is 60.0 Å². The Hall–Kier alpha value is -3.15. The molecule has 0 bridgehead atoms. The fourth-order valence-electron chi connectivity index (χ4n) is 3.79. The predicted octanol–water partition coefficient (Wildman–Crippen LogP) is 5.00. The van der Waals surface area contributed by atoms with Crippen molar-refractivity contribution in [3.8, 4) is 17.1 Å². The van der Waals surface area contributed by atoms with Crippen LogP contribution in [-0.4, -0.2) is 29.2 Å². The molecule has 3 aromatic rings.